The quantitative estimate of drug-likeness (QED) is 0.316. The summed E-state index contributed by atoms with van der Waals surface area (Å²) in [6, 6.07) is 8.80. The maximum absolute atomic E-state index is 10.8. The van der Waals surface area contributed by atoms with Crippen molar-refractivity contribution in [1.82, 2.24) is 5.43 Å². The molecule has 0 aliphatic heterocycles. The third-order valence-corrected chi connectivity index (χ3v) is 1.17. The van der Waals surface area contributed by atoms with E-state index < -0.39 is 0 Å². The molecule has 0 spiro atoms. The zero-order valence-electron chi connectivity index (χ0n) is 5.78. The maximum Gasteiger partial charge on any atom is 0.265 e. The van der Waals surface area contributed by atoms with Crippen LogP contribution in [0, 0.1) is 0 Å². The summed E-state index contributed by atoms with van der Waals surface area (Å²) in [6.07, 6.45) is 0. The largest absolute Gasteiger partial charge is 0.290 e. The number of benzene rings is 1. The van der Waals surface area contributed by atoms with Gasteiger partial charge in [-0.3, -0.25) is 10.2 Å². The van der Waals surface area contributed by atoms with Gasteiger partial charge in [-0.25, -0.2) is 5.84 Å². The summed E-state index contributed by atoms with van der Waals surface area (Å²) in [7, 11) is 0. The van der Waals surface area contributed by atoms with Crippen LogP contribution in [0.4, 0.5) is 0 Å². The molecule has 11 heavy (non-hydrogen) atoms. The van der Waals surface area contributed by atoms with Gasteiger partial charge in [0.1, 0.15) is 0 Å². The molecule has 0 atom stereocenters. The van der Waals surface area contributed by atoms with E-state index in [1.54, 1.807) is 24.3 Å². The van der Waals surface area contributed by atoms with E-state index in [4.69, 9.17) is 5.84 Å². The maximum atomic E-state index is 10.8. The molecule has 0 aliphatic carbocycles. The minimum Gasteiger partial charge on any atom is -0.290 e. The van der Waals surface area contributed by atoms with E-state index in [1.165, 1.54) is 0 Å². The second kappa shape index (κ2) is 5.05. The number of nitrogen functional groups attached to an aromatic ring is 1. The van der Waals surface area contributed by atoms with Crippen molar-refractivity contribution in [2.75, 3.05) is 0 Å². The van der Waals surface area contributed by atoms with E-state index in [0.29, 0.717) is 5.56 Å². The van der Waals surface area contributed by atoms with Crippen LogP contribution in [0.15, 0.2) is 30.3 Å². The van der Waals surface area contributed by atoms with E-state index in [0.717, 1.165) is 0 Å². The van der Waals surface area contributed by atoms with Gasteiger partial charge in [0.2, 0.25) is 0 Å². The van der Waals surface area contributed by atoms with Crippen LogP contribution in [0.3, 0.4) is 0 Å². The Morgan fingerprint density at radius 2 is 1.82 bits per heavy atom. The van der Waals surface area contributed by atoms with E-state index in [9.17, 15) is 4.79 Å². The molecule has 4 heteroatoms. The third kappa shape index (κ3) is 2.83. The molecular weight excluding hydrogens is 224 g/mol. The van der Waals surface area contributed by atoms with Crippen LogP contribution in [0.2, 0.25) is 0 Å². The molecule has 1 amide bonds. The zero-order valence-corrected chi connectivity index (χ0v) is 7.79. The summed E-state index contributed by atoms with van der Waals surface area (Å²) in [5.74, 6) is 4.64. The summed E-state index contributed by atoms with van der Waals surface area (Å²) < 4.78 is 0. The van der Waals surface area contributed by atoms with E-state index >= 15 is 0 Å². The van der Waals surface area contributed by atoms with Gasteiger partial charge in [0.25, 0.3) is 5.91 Å². The van der Waals surface area contributed by atoms with Gasteiger partial charge < -0.3 is 0 Å². The average Bonchev–Trinajstić information content (AvgIpc) is 2.05. The normalized spacial score (nSPS) is 8.09. The van der Waals surface area contributed by atoms with Crippen molar-refractivity contribution in [1.29, 1.82) is 0 Å². The Hall–Kier alpha value is -0.662. The SMILES string of the molecule is NNC(=O)c1ccccc1.[Mo]. The predicted molar refractivity (Wildman–Crippen MR) is 38.1 cm³/mol. The van der Waals surface area contributed by atoms with Gasteiger partial charge in [-0.2, -0.15) is 0 Å². The van der Waals surface area contributed by atoms with Crippen LogP contribution in [0.5, 0.6) is 0 Å². The molecule has 58 valence electrons. The topological polar surface area (TPSA) is 55.1 Å². The molecule has 3 nitrogen and oxygen atoms in total. The molecular formula is C7H8MoN2O. The second-order valence-corrected chi connectivity index (χ2v) is 1.84. The van der Waals surface area contributed by atoms with Gasteiger partial charge >= 0.3 is 0 Å². The van der Waals surface area contributed by atoms with Crippen LogP contribution >= 0.6 is 0 Å². The fourth-order valence-electron chi connectivity index (χ4n) is 0.673. The number of rotatable bonds is 1. The molecule has 0 heterocycles. The van der Waals surface area contributed by atoms with Crippen molar-refractivity contribution >= 4 is 5.91 Å². The second-order valence-electron chi connectivity index (χ2n) is 1.84. The van der Waals surface area contributed by atoms with Gasteiger partial charge in [-0.1, -0.05) is 18.2 Å². The van der Waals surface area contributed by atoms with Crippen molar-refractivity contribution in [2.24, 2.45) is 5.84 Å². The van der Waals surface area contributed by atoms with E-state index in [2.05, 4.69) is 0 Å². The molecule has 0 bridgehead atoms. The number of carbonyl (C=O) groups is 1. The number of hydrogen-bond acceptors (Lipinski definition) is 2. The minimum atomic E-state index is -0.263. The molecule has 1 aromatic carbocycles. The number of nitrogens with one attached hydrogen (secondary N) is 1. The van der Waals surface area contributed by atoms with Crippen molar-refractivity contribution in [2.45, 2.75) is 0 Å². The van der Waals surface area contributed by atoms with Crippen LogP contribution in [-0.2, 0) is 21.1 Å². The summed E-state index contributed by atoms with van der Waals surface area (Å²) in [4.78, 5) is 10.8. The van der Waals surface area contributed by atoms with Gasteiger partial charge in [0, 0.05) is 26.6 Å². The monoisotopic (exact) mass is 234 g/mol. The Bertz CT molecular complexity index is 225. The zero-order chi connectivity index (χ0) is 7.40. The molecule has 3 N–H and O–H groups in total. The smallest absolute Gasteiger partial charge is 0.265 e. The summed E-state index contributed by atoms with van der Waals surface area (Å²) in [6.45, 7) is 0. The molecule has 0 fully saturated rings. The molecule has 0 aliphatic rings. The first-order valence-electron chi connectivity index (χ1n) is 2.90. The molecule has 0 aromatic heterocycles. The number of nitrogens with two attached hydrogens (primary N) is 1. The van der Waals surface area contributed by atoms with Crippen LogP contribution < -0.4 is 11.3 Å². The minimum absolute atomic E-state index is 0. The van der Waals surface area contributed by atoms with E-state index in [1.807, 2.05) is 11.5 Å². The van der Waals surface area contributed by atoms with Gasteiger partial charge in [-0.15, -0.1) is 0 Å². The van der Waals surface area contributed by atoms with Crippen LogP contribution in [0.25, 0.3) is 0 Å². The molecule has 0 saturated heterocycles. The summed E-state index contributed by atoms with van der Waals surface area (Å²) in [5.41, 5.74) is 2.62. The number of hydrogen-bond donors (Lipinski definition) is 2. The van der Waals surface area contributed by atoms with Gasteiger partial charge in [-0.05, 0) is 12.1 Å². The Balaban J connectivity index is 0.000001000. The molecule has 0 radical (unpaired) electrons. The number of carbonyl (C=O) groups excluding carboxylic acids is 1. The van der Waals surface area contributed by atoms with Crippen LogP contribution in [-0.4, -0.2) is 5.91 Å². The van der Waals surface area contributed by atoms with Crippen molar-refractivity contribution < 1.29 is 25.9 Å². The van der Waals surface area contributed by atoms with Crippen molar-refractivity contribution in [3.8, 4) is 0 Å². The molecule has 1 rings (SSSR count). The summed E-state index contributed by atoms with van der Waals surface area (Å²) in [5, 5.41) is 0. The third-order valence-electron chi connectivity index (χ3n) is 1.17. The first-order chi connectivity index (χ1) is 4.84. The van der Waals surface area contributed by atoms with E-state index in [-0.39, 0.29) is 27.0 Å². The Morgan fingerprint density at radius 1 is 1.27 bits per heavy atom. The standard InChI is InChI=1S/C7H8N2O.Mo/c8-9-7(10)6-4-2-1-3-5-6;/h1-5H,8H2,(H,9,10);. The number of amides is 1. The van der Waals surface area contributed by atoms with Crippen LogP contribution in [0.1, 0.15) is 10.4 Å². The average molecular weight is 232 g/mol. The predicted octanol–water partition coefficient (Wildman–Crippen LogP) is 0.288. The van der Waals surface area contributed by atoms with Gasteiger partial charge in [0.15, 0.2) is 0 Å². The first-order valence-corrected chi connectivity index (χ1v) is 2.90. The Labute approximate surface area is 79.2 Å². The van der Waals surface area contributed by atoms with Crippen molar-refractivity contribution in [3.05, 3.63) is 35.9 Å². The van der Waals surface area contributed by atoms with Crippen molar-refractivity contribution in [3.63, 3.8) is 0 Å². The summed E-state index contributed by atoms with van der Waals surface area (Å²) >= 11 is 0. The first kappa shape index (κ1) is 10.3. The Morgan fingerprint density at radius 3 is 2.27 bits per heavy atom. The van der Waals surface area contributed by atoms with Gasteiger partial charge in [0.05, 0.1) is 0 Å². The fraction of sp³-hybridized carbons (Fsp3) is 0. The Kier molecular flexibility index (Phi) is 4.75. The molecule has 0 unspecified atom stereocenters. The molecule has 1 aromatic rings. The fourth-order valence-corrected chi connectivity index (χ4v) is 0.673. The molecule has 0 saturated carbocycles. The number of hydrazine groups is 1.